The number of nitrogens with zero attached hydrogens (tertiary/aromatic N) is 4. The maximum atomic E-state index is 5.84. The van der Waals surface area contributed by atoms with Crippen molar-refractivity contribution in [3.63, 3.8) is 0 Å². The quantitative estimate of drug-likeness (QED) is 0.797. The molecule has 1 heterocycles. The van der Waals surface area contributed by atoms with Gasteiger partial charge in [-0.05, 0) is 28.6 Å². The first kappa shape index (κ1) is 14.9. The number of tetrazole rings is 1. The van der Waals surface area contributed by atoms with Crippen LogP contribution >= 0.6 is 15.9 Å². The molecular formula is C12H16BrN5O2. The largest absolute Gasteiger partial charge is 0.399 e. The standard InChI is InChI=1S/C12H16BrN5O2/c1-19-7-11(20-2)6-18-12(15-16-17-18)8-3-9(13)5-10(14)4-8/h3-5,11H,6-7,14H2,1-2H3. The van der Waals surface area contributed by atoms with Gasteiger partial charge in [0.05, 0.1) is 13.2 Å². The Bertz CT molecular complexity index is 554. The van der Waals surface area contributed by atoms with Gasteiger partial charge in [-0.2, -0.15) is 0 Å². The van der Waals surface area contributed by atoms with Crippen LogP contribution in [0.2, 0.25) is 0 Å². The zero-order chi connectivity index (χ0) is 14.5. The van der Waals surface area contributed by atoms with Crippen molar-refractivity contribution in [3.8, 4) is 11.4 Å². The Morgan fingerprint density at radius 2 is 2.15 bits per heavy atom. The molecule has 1 unspecified atom stereocenters. The minimum atomic E-state index is -0.119. The number of methoxy groups -OCH3 is 2. The first-order chi connectivity index (χ1) is 9.63. The number of rotatable bonds is 6. The monoisotopic (exact) mass is 341 g/mol. The van der Waals surface area contributed by atoms with Crippen molar-refractivity contribution in [2.45, 2.75) is 12.6 Å². The zero-order valence-electron chi connectivity index (χ0n) is 11.3. The third-order valence-electron chi connectivity index (χ3n) is 2.77. The van der Waals surface area contributed by atoms with Crippen molar-refractivity contribution in [3.05, 3.63) is 22.7 Å². The van der Waals surface area contributed by atoms with E-state index < -0.39 is 0 Å². The third kappa shape index (κ3) is 3.53. The van der Waals surface area contributed by atoms with E-state index in [1.54, 1.807) is 18.9 Å². The van der Waals surface area contributed by atoms with E-state index in [4.69, 9.17) is 15.2 Å². The van der Waals surface area contributed by atoms with E-state index in [1.807, 2.05) is 18.2 Å². The smallest absolute Gasteiger partial charge is 0.182 e. The summed E-state index contributed by atoms with van der Waals surface area (Å²) in [6.45, 7) is 0.968. The van der Waals surface area contributed by atoms with E-state index in [9.17, 15) is 0 Å². The van der Waals surface area contributed by atoms with E-state index >= 15 is 0 Å². The highest BCUT2D eigenvalue weighted by atomic mass is 79.9. The molecule has 0 aliphatic heterocycles. The summed E-state index contributed by atoms with van der Waals surface area (Å²) < 4.78 is 13.0. The molecule has 0 spiro atoms. The van der Waals surface area contributed by atoms with Gasteiger partial charge in [0, 0.05) is 29.9 Å². The second kappa shape index (κ2) is 6.78. The molecule has 7 nitrogen and oxygen atoms in total. The van der Waals surface area contributed by atoms with Gasteiger partial charge in [-0.15, -0.1) is 5.10 Å². The molecule has 2 rings (SSSR count). The Labute approximate surface area is 125 Å². The molecule has 0 aliphatic rings. The van der Waals surface area contributed by atoms with Crippen molar-refractivity contribution in [1.82, 2.24) is 20.2 Å². The molecule has 0 radical (unpaired) electrons. The maximum absolute atomic E-state index is 5.84. The number of nitrogens with two attached hydrogens (primary N) is 1. The molecule has 8 heteroatoms. The van der Waals surface area contributed by atoms with Crippen LogP contribution in [0, 0.1) is 0 Å². The lowest BCUT2D eigenvalue weighted by Crippen LogP contribution is -2.25. The first-order valence-electron chi connectivity index (χ1n) is 5.98. The van der Waals surface area contributed by atoms with Crippen molar-refractivity contribution in [1.29, 1.82) is 0 Å². The number of benzene rings is 1. The fraction of sp³-hybridized carbons (Fsp3) is 0.417. The number of ether oxygens (including phenoxy) is 2. The van der Waals surface area contributed by atoms with Crippen LogP contribution in [0.1, 0.15) is 0 Å². The molecule has 0 aliphatic carbocycles. The summed E-state index contributed by atoms with van der Waals surface area (Å²) in [4.78, 5) is 0. The fourth-order valence-electron chi connectivity index (χ4n) is 1.85. The number of nitrogen functional groups attached to an aromatic ring is 1. The maximum Gasteiger partial charge on any atom is 0.182 e. The van der Waals surface area contributed by atoms with Crippen molar-refractivity contribution >= 4 is 21.6 Å². The van der Waals surface area contributed by atoms with Gasteiger partial charge >= 0.3 is 0 Å². The average Bonchev–Trinajstić information content (AvgIpc) is 2.85. The van der Waals surface area contributed by atoms with Crippen LogP contribution in [0.4, 0.5) is 5.69 Å². The van der Waals surface area contributed by atoms with E-state index in [0.29, 0.717) is 24.7 Å². The molecule has 0 fully saturated rings. The zero-order valence-corrected chi connectivity index (χ0v) is 12.9. The minimum Gasteiger partial charge on any atom is -0.399 e. The Hall–Kier alpha value is -1.51. The van der Waals surface area contributed by atoms with Crippen LogP contribution in [0.3, 0.4) is 0 Å². The summed E-state index contributed by atoms with van der Waals surface area (Å²) >= 11 is 3.41. The Morgan fingerprint density at radius 3 is 2.80 bits per heavy atom. The number of anilines is 1. The van der Waals surface area contributed by atoms with Crippen LogP contribution in [-0.4, -0.2) is 47.1 Å². The predicted molar refractivity (Wildman–Crippen MR) is 78.0 cm³/mol. The lowest BCUT2D eigenvalue weighted by Gasteiger charge is -2.14. The number of hydrogen-bond acceptors (Lipinski definition) is 6. The predicted octanol–water partition coefficient (Wildman–Crippen LogP) is 1.35. The van der Waals surface area contributed by atoms with Crippen LogP contribution in [0.25, 0.3) is 11.4 Å². The van der Waals surface area contributed by atoms with Crippen LogP contribution < -0.4 is 5.73 Å². The van der Waals surface area contributed by atoms with Crippen LogP contribution in [0.15, 0.2) is 22.7 Å². The highest BCUT2D eigenvalue weighted by Gasteiger charge is 2.15. The Kier molecular flexibility index (Phi) is 5.05. The molecule has 108 valence electrons. The minimum absolute atomic E-state index is 0.119. The van der Waals surface area contributed by atoms with Crippen molar-refractivity contribution in [2.75, 3.05) is 26.6 Å². The lowest BCUT2D eigenvalue weighted by atomic mass is 10.2. The second-order valence-corrected chi connectivity index (χ2v) is 5.19. The molecule has 1 atom stereocenters. The van der Waals surface area contributed by atoms with E-state index in [1.165, 1.54) is 0 Å². The van der Waals surface area contributed by atoms with Crippen molar-refractivity contribution in [2.24, 2.45) is 0 Å². The van der Waals surface area contributed by atoms with Gasteiger partial charge in [0.25, 0.3) is 0 Å². The van der Waals surface area contributed by atoms with Gasteiger partial charge in [-0.25, -0.2) is 4.68 Å². The van der Waals surface area contributed by atoms with Gasteiger partial charge in [0.1, 0.15) is 6.10 Å². The highest BCUT2D eigenvalue weighted by molar-refractivity contribution is 9.10. The Balaban J connectivity index is 2.27. The molecule has 2 aromatic rings. The second-order valence-electron chi connectivity index (χ2n) is 4.27. The lowest BCUT2D eigenvalue weighted by molar-refractivity contribution is 0.0163. The van der Waals surface area contributed by atoms with Crippen LogP contribution in [-0.2, 0) is 16.0 Å². The first-order valence-corrected chi connectivity index (χ1v) is 6.77. The molecule has 0 amide bonds. The molecule has 1 aromatic carbocycles. The number of hydrogen-bond donors (Lipinski definition) is 1. The Morgan fingerprint density at radius 1 is 1.35 bits per heavy atom. The third-order valence-corrected chi connectivity index (χ3v) is 3.23. The number of halogens is 1. The summed E-state index contributed by atoms with van der Waals surface area (Å²) in [5, 5.41) is 11.7. The van der Waals surface area contributed by atoms with Gasteiger partial charge in [-0.1, -0.05) is 15.9 Å². The van der Waals surface area contributed by atoms with Gasteiger partial charge in [-0.3, -0.25) is 0 Å². The molecule has 0 saturated heterocycles. The summed E-state index contributed by atoms with van der Waals surface area (Å²) in [7, 11) is 3.26. The normalized spacial score (nSPS) is 12.6. The van der Waals surface area contributed by atoms with Gasteiger partial charge in [0.15, 0.2) is 5.82 Å². The van der Waals surface area contributed by atoms with Gasteiger partial charge in [0.2, 0.25) is 0 Å². The highest BCUT2D eigenvalue weighted by Crippen LogP contribution is 2.24. The van der Waals surface area contributed by atoms with Gasteiger partial charge < -0.3 is 15.2 Å². The molecular weight excluding hydrogens is 326 g/mol. The van der Waals surface area contributed by atoms with E-state index in [-0.39, 0.29) is 6.10 Å². The van der Waals surface area contributed by atoms with Crippen LogP contribution in [0.5, 0.6) is 0 Å². The topological polar surface area (TPSA) is 88.1 Å². The van der Waals surface area contributed by atoms with Crippen molar-refractivity contribution < 1.29 is 9.47 Å². The molecule has 1 aromatic heterocycles. The SMILES string of the molecule is COCC(Cn1nnnc1-c1cc(N)cc(Br)c1)OC. The summed E-state index contributed by atoms with van der Waals surface area (Å²) in [6.07, 6.45) is -0.119. The van der Waals surface area contributed by atoms with E-state index in [2.05, 4.69) is 31.5 Å². The summed E-state index contributed by atoms with van der Waals surface area (Å²) in [6, 6.07) is 5.56. The molecule has 0 bridgehead atoms. The van der Waals surface area contributed by atoms with E-state index in [0.717, 1.165) is 10.0 Å². The average molecular weight is 342 g/mol. The molecule has 2 N–H and O–H groups in total. The molecule has 20 heavy (non-hydrogen) atoms. The summed E-state index contributed by atoms with van der Waals surface area (Å²) in [5.74, 6) is 0.635. The molecule has 0 saturated carbocycles. The summed E-state index contributed by atoms with van der Waals surface area (Å²) in [5.41, 5.74) is 7.32. The number of aromatic nitrogens is 4. The fourth-order valence-corrected chi connectivity index (χ4v) is 2.36.